The van der Waals surface area contributed by atoms with Gasteiger partial charge in [0.25, 0.3) is 0 Å². The smallest absolute Gasteiger partial charge is 0.231 e. The summed E-state index contributed by atoms with van der Waals surface area (Å²) in [5.74, 6) is 0.720. The Morgan fingerprint density at radius 2 is 0.944 bits per heavy atom. The molecule has 0 amide bonds. The van der Waals surface area contributed by atoms with Gasteiger partial charge in [-0.3, -0.25) is 0 Å². The summed E-state index contributed by atoms with van der Waals surface area (Å²) in [6, 6.07) is 65.9. The lowest BCUT2D eigenvalue weighted by atomic mass is 9.55. The van der Waals surface area contributed by atoms with Gasteiger partial charge in [0, 0.05) is 21.8 Å². The van der Waals surface area contributed by atoms with Crippen LogP contribution < -0.4 is 0 Å². The van der Waals surface area contributed by atoms with Crippen LogP contribution in [0.25, 0.3) is 54.9 Å². The van der Waals surface area contributed by atoms with Gasteiger partial charge in [-0.1, -0.05) is 182 Å². The van der Waals surface area contributed by atoms with Crippen molar-refractivity contribution in [2.75, 3.05) is 0 Å². The van der Waals surface area contributed by atoms with Gasteiger partial charge in [-0.05, 0) is 61.5 Å². The average Bonchev–Trinajstić information content (AvgIpc) is 3.54. The molecule has 0 aliphatic heterocycles. The summed E-state index contributed by atoms with van der Waals surface area (Å²) in [6.45, 7) is 0. The highest BCUT2D eigenvalue weighted by atomic mass is 16.3. The molecule has 3 aliphatic rings. The first-order valence-electron chi connectivity index (χ1n) is 18.7. The van der Waals surface area contributed by atoms with Crippen molar-refractivity contribution in [3.8, 4) is 11.3 Å². The first-order chi connectivity index (χ1) is 26.8. The van der Waals surface area contributed by atoms with E-state index in [1.54, 1.807) is 0 Å². The molecule has 0 unspecified atom stereocenters. The maximum atomic E-state index is 7.10. The molecule has 0 N–H and O–H groups in total. The van der Waals surface area contributed by atoms with Crippen LogP contribution >= 0.6 is 0 Å². The number of nitrogens with zero attached hydrogens (tertiary/aromatic N) is 2. The molecule has 2 heterocycles. The topological polar surface area (TPSA) is 38.9 Å². The number of aromatic nitrogens is 2. The minimum absolute atomic E-state index is 0.409. The van der Waals surface area contributed by atoms with Crippen molar-refractivity contribution < 1.29 is 4.42 Å². The van der Waals surface area contributed by atoms with E-state index in [0.29, 0.717) is 5.71 Å². The van der Waals surface area contributed by atoms with Crippen LogP contribution in [0.5, 0.6) is 0 Å². The van der Waals surface area contributed by atoms with Crippen molar-refractivity contribution in [2.24, 2.45) is 0 Å². The molecule has 0 radical (unpaired) electrons. The highest BCUT2D eigenvalue weighted by molar-refractivity contribution is 6.31. The van der Waals surface area contributed by atoms with E-state index in [9.17, 15) is 0 Å². The van der Waals surface area contributed by atoms with Crippen LogP contribution in [0.15, 0.2) is 186 Å². The molecular weight excluding hydrogens is 657 g/mol. The van der Waals surface area contributed by atoms with Crippen molar-refractivity contribution in [1.29, 1.82) is 0 Å². The first kappa shape index (κ1) is 29.7. The maximum Gasteiger partial charge on any atom is 0.231 e. The van der Waals surface area contributed by atoms with Gasteiger partial charge in [-0.25, -0.2) is 4.98 Å². The van der Waals surface area contributed by atoms with E-state index >= 15 is 0 Å². The summed E-state index contributed by atoms with van der Waals surface area (Å²) < 4.78 is 7.10. The molecule has 252 valence electrons. The third kappa shape index (κ3) is 3.66. The van der Waals surface area contributed by atoms with Gasteiger partial charge in [0.05, 0.1) is 11.1 Å². The highest BCUT2D eigenvalue weighted by Gasteiger charge is 2.57. The van der Waals surface area contributed by atoms with E-state index in [4.69, 9.17) is 14.4 Å². The fraction of sp³-hybridized carbons (Fsp3) is 0.0588. The normalized spacial score (nSPS) is 18.4. The molecule has 3 aliphatic carbocycles. The van der Waals surface area contributed by atoms with Crippen LogP contribution in [0, 0.1) is 0 Å². The monoisotopic (exact) mass is 688 g/mol. The standard InChI is InChI=1S/C51H32N2O/c1-3-17-32(18-4-1)46-45-44-37-24-10-8-22-35(37)36-23-9-11-25-38(36)47(44)54-48(45)53-49(52-46)51-39-26-12-7-19-33(39)31-50(34-20-5-2-6-21-34,40-27-13-15-29-42(40)51)41-28-14-16-30-43(41)51/h1-30H,31H2. The highest BCUT2D eigenvalue weighted by Crippen LogP contribution is 2.62. The molecule has 54 heavy (non-hydrogen) atoms. The number of hydrogen-bond donors (Lipinski definition) is 0. The molecule has 3 nitrogen and oxygen atoms in total. The van der Waals surface area contributed by atoms with Crippen molar-refractivity contribution in [2.45, 2.75) is 17.3 Å². The van der Waals surface area contributed by atoms with Gasteiger partial charge >= 0.3 is 0 Å². The van der Waals surface area contributed by atoms with Crippen molar-refractivity contribution in [3.63, 3.8) is 0 Å². The number of fused-ring (bicyclic) bond motifs is 8. The van der Waals surface area contributed by atoms with Gasteiger partial charge in [0.2, 0.25) is 5.71 Å². The zero-order chi connectivity index (χ0) is 35.4. The van der Waals surface area contributed by atoms with Crippen LogP contribution in [-0.2, 0) is 17.3 Å². The quantitative estimate of drug-likeness (QED) is 0.173. The maximum absolute atomic E-state index is 7.10. The van der Waals surface area contributed by atoms with Crippen LogP contribution in [0.1, 0.15) is 44.8 Å². The zero-order valence-electron chi connectivity index (χ0n) is 29.3. The second-order valence-electron chi connectivity index (χ2n) is 14.8. The molecule has 2 bridgehead atoms. The minimum Gasteiger partial charge on any atom is -0.437 e. The van der Waals surface area contributed by atoms with E-state index < -0.39 is 10.8 Å². The molecule has 10 aromatic rings. The van der Waals surface area contributed by atoms with E-state index in [-0.39, 0.29) is 0 Å². The molecule has 8 aromatic carbocycles. The Morgan fingerprint density at radius 1 is 0.426 bits per heavy atom. The van der Waals surface area contributed by atoms with Crippen molar-refractivity contribution in [1.82, 2.24) is 9.97 Å². The number of benzene rings is 8. The minimum atomic E-state index is -0.820. The Labute approximate surface area is 312 Å². The fourth-order valence-electron chi connectivity index (χ4n) is 10.2. The van der Waals surface area contributed by atoms with Gasteiger partial charge in [-0.2, -0.15) is 4.98 Å². The molecule has 0 fully saturated rings. The van der Waals surface area contributed by atoms with E-state index in [2.05, 4.69) is 182 Å². The fourth-order valence-corrected chi connectivity index (χ4v) is 10.2. The summed E-state index contributed by atoms with van der Waals surface area (Å²) in [6.07, 6.45) is 0.819. The SMILES string of the molecule is c1ccc(-c2nc(C34c5ccccc5CC(c5ccccc5)(c5ccccc53)c3ccccc34)nc3oc4c5ccccc5c5ccccc5c4c23)cc1. The molecule has 3 heteroatoms. The summed E-state index contributed by atoms with van der Waals surface area (Å²) >= 11 is 0. The summed E-state index contributed by atoms with van der Waals surface area (Å²) in [5, 5.41) is 6.56. The Morgan fingerprint density at radius 3 is 1.63 bits per heavy atom. The lowest BCUT2D eigenvalue weighted by molar-refractivity contribution is 0.563. The number of rotatable bonds is 3. The summed E-state index contributed by atoms with van der Waals surface area (Å²) in [7, 11) is 0. The van der Waals surface area contributed by atoms with Crippen molar-refractivity contribution >= 4 is 43.6 Å². The molecule has 0 saturated carbocycles. The van der Waals surface area contributed by atoms with Gasteiger partial charge in [-0.15, -0.1) is 0 Å². The Bertz CT molecular complexity index is 3090. The molecular formula is C51H32N2O. The van der Waals surface area contributed by atoms with Crippen LogP contribution in [0.3, 0.4) is 0 Å². The molecule has 0 saturated heterocycles. The predicted molar refractivity (Wildman–Crippen MR) is 218 cm³/mol. The number of hydrogen-bond acceptors (Lipinski definition) is 3. The Kier molecular flexibility index (Phi) is 5.97. The lowest BCUT2D eigenvalue weighted by Crippen LogP contribution is -2.43. The van der Waals surface area contributed by atoms with Crippen LogP contribution in [0.4, 0.5) is 0 Å². The second kappa shape index (κ2) is 10.8. The van der Waals surface area contributed by atoms with E-state index in [1.165, 1.54) is 44.3 Å². The average molecular weight is 689 g/mol. The van der Waals surface area contributed by atoms with Gasteiger partial charge in [0.1, 0.15) is 11.0 Å². The van der Waals surface area contributed by atoms with Crippen molar-refractivity contribution in [3.05, 3.63) is 227 Å². The Hall–Kier alpha value is -6.84. The molecule has 13 rings (SSSR count). The van der Waals surface area contributed by atoms with E-state index in [1.807, 2.05) is 0 Å². The van der Waals surface area contributed by atoms with E-state index in [0.717, 1.165) is 56.0 Å². The second-order valence-corrected chi connectivity index (χ2v) is 14.8. The third-order valence-electron chi connectivity index (χ3n) is 12.3. The molecule has 0 atom stereocenters. The zero-order valence-corrected chi connectivity index (χ0v) is 29.3. The Balaban J connectivity index is 1.30. The first-order valence-corrected chi connectivity index (χ1v) is 18.7. The largest absolute Gasteiger partial charge is 0.437 e. The lowest BCUT2D eigenvalue weighted by Gasteiger charge is -2.46. The molecule has 2 aromatic heterocycles. The summed E-state index contributed by atoms with van der Waals surface area (Å²) in [4.78, 5) is 11.5. The van der Waals surface area contributed by atoms with Crippen LogP contribution in [0.2, 0.25) is 0 Å². The van der Waals surface area contributed by atoms with Crippen LogP contribution in [-0.4, -0.2) is 9.97 Å². The van der Waals surface area contributed by atoms with Gasteiger partial charge < -0.3 is 4.42 Å². The molecule has 0 spiro atoms. The summed E-state index contributed by atoms with van der Waals surface area (Å²) in [5.41, 5.74) is 10.9. The third-order valence-corrected chi connectivity index (χ3v) is 12.3. The number of furan rings is 1. The van der Waals surface area contributed by atoms with Gasteiger partial charge in [0.15, 0.2) is 5.82 Å². The predicted octanol–water partition coefficient (Wildman–Crippen LogP) is 11.9.